The Labute approximate surface area is 219 Å². The second-order valence-electron chi connectivity index (χ2n) is 9.05. The first-order valence-corrected chi connectivity index (χ1v) is 12.2. The molecule has 2 aliphatic rings. The van der Waals surface area contributed by atoms with Crippen LogP contribution in [0.2, 0.25) is 5.02 Å². The molecule has 0 amide bonds. The molecule has 0 aromatic heterocycles. The number of phenols is 1. The summed E-state index contributed by atoms with van der Waals surface area (Å²) in [5.41, 5.74) is 0.646. The van der Waals surface area contributed by atoms with Gasteiger partial charge in [-0.1, -0.05) is 35.9 Å². The van der Waals surface area contributed by atoms with Gasteiger partial charge in [0.2, 0.25) is 5.78 Å². The molecule has 1 aliphatic heterocycles. The second-order valence-corrected chi connectivity index (χ2v) is 9.46. The van der Waals surface area contributed by atoms with Crippen LogP contribution >= 0.6 is 11.6 Å². The second kappa shape index (κ2) is 10.0. The average Bonchev–Trinajstić information content (AvgIpc) is 2.90. The van der Waals surface area contributed by atoms with E-state index in [9.17, 15) is 14.7 Å². The highest BCUT2D eigenvalue weighted by molar-refractivity contribution is 6.37. The van der Waals surface area contributed by atoms with E-state index in [2.05, 4.69) is 0 Å². The maximum Gasteiger partial charge on any atom is 0.202 e. The molecular weight excluding hydrogens is 500 g/mol. The summed E-state index contributed by atoms with van der Waals surface area (Å²) < 4.78 is 28.5. The van der Waals surface area contributed by atoms with Gasteiger partial charge < -0.3 is 28.8 Å². The molecule has 4 atom stereocenters. The third-order valence-electron chi connectivity index (χ3n) is 7.21. The standard InChI is InChI=1S/C28H27ClO8/c1-33-12-19-28(36-4)18(34-2)11-17(37-19)20-13-7-5-6-8-14(13)21-23(25(20)31)26(32)22-15(24(21)30)9-10-16(29)27(22)35-3/h5-10,17-19,28,31H,11-12H2,1-4H3/t17-,18-,19-,28+/m1/s1. The lowest BCUT2D eigenvalue weighted by Crippen LogP contribution is -2.49. The fourth-order valence-electron chi connectivity index (χ4n) is 5.61. The number of rotatable bonds is 6. The van der Waals surface area contributed by atoms with E-state index in [-0.39, 0.29) is 51.5 Å². The summed E-state index contributed by atoms with van der Waals surface area (Å²) in [6.07, 6.45) is -1.58. The van der Waals surface area contributed by atoms with E-state index in [1.807, 2.05) is 6.07 Å². The van der Waals surface area contributed by atoms with Crippen LogP contribution in [0.4, 0.5) is 0 Å². The predicted octanol–water partition coefficient (Wildman–Crippen LogP) is 4.49. The maximum atomic E-state index is 13.9. The number of halogens is 1. The van der Waals surface area contributed by atoms with E-state index in [0.717, 1.165) is 0 Å². The monoisotopic (exact) mass is 526 g/mol. The summed E-state index contributed by atoms with van der Waals surface area (Å²) in [5.74, 6) is -1.16. The van der Waals surface area contributed by atoms with Crippen LogP contribution in [0, 0.1) is 0 Å². The minimum absolute atomic E-state index is 0.0278. The van der Waals surface area contributed by atoms with Crippen molar-refractivity contribution in [2.75, 3.05) is 35.0 Å². The highest BCUT2D eigenvalue weighted by Gasteiger charge is 2.44. The highest BCUT2D eigenvalue weighted by Crippen LogP contribution is 2.48. The first-order chi connectivity index (χ1) is 17.9. The van der Waals surface area contributed by atoms with Crippen molar-refractivity contribution in [3.05, 3.63) is 69.2 Å². The van der Waals surface area contributed by atoms with Crippen LogP contribution in [0.3, 0.4) is 0 Å². The smallest absolute Gasteiger partial charge is 0.202 e. The molecule has 0 spiro atoms. The molecule has 1 aliphatic carbocycles. The third-order valence-corrected chi connectivity index (χ3v) is 7.51. The number of hydrogen-bond donors (Lipinski definition) is 1. The number of carbonyl (C=O) groups excluding carboxylic acids is 2. The van der Waals surface area contributed by atoms with Crippen molar-refractivity contribution in [1.29, 1.82) is 0 Å². The Morgan fingerprint density at radius 2 is 1.68 bits per heavy atom. The summed E-state index contributed by atoms with van der Waals surface area (Å²) in [7, 11) is 6.11. The summed E-state index contributed by atoms with van der Waals surface area (Å²) in [5, 5.41) is 13.0. The first kappa shape index (κ1) is 25.6. The van der Waals surface area contributed by atoms with Gasteiger partial charge in [-0.15, -0.1) is 0 Å². The van der Waals surface area contributed by atoms with Gasteiger partial charge in [0, 0.05) is 44.4 Å². The summed E-state index contributed by atoms with van der Waals surface area (Å²) in [6.45, 7) is 0.235. The van der Waals surface area contributed by atoms with E-state index in [1.165, 1.54) is 19.2 Å². The first-order valence-electron chi connectivity index (χ1n) is 11.8. The fourth-order valence-corrected chi connectivity index (χ4v) is 5.85. The van der Waals surface area contributed by atoms with Crippen molar-refractivity contribution in [1.82, 2.24) is 0 Å². The number of ketones is 2. The molecular formula is C28H27ClO8. The molecule has 3 aromatic rings. The van der Waals surface area contributed by atoms with Gasteiger partial charge in [-0.2, -0.15) is 0 Å². The van der Waals surface area contributed by atoms with Gasteiger partial charge >= 0.3 is 0 Å². The van der Waals surface area contributed by atoms with E-state index in [1.54, 1.807) is 39.5 Å². The maximum absolute atomic E-state index is 13.9. The van der Waals surface area contributed by atoms with Crippen LogP contribution in [0.25, 0.3) is 10.8 Å². The number of hydrogen-bond acceptors (Lipinski definition) is 8. The fraction of sp³-hybridized carbons (Fsp3) is 0.357. The lowest BCUT2D eigenvalue weighted by molar-refractivity contribution is -0.200. The molecule has 0 saturated carbocycles. The Balaban J connectivity index is 1.76. The predicted molar refractivity (Wildman–Crippen MR) is 136 cm³/mol. The van der Waals surface area contributed by atoms with Gasteiger partial charge in [-0.3, -0.25) is 9.59 Å². The number of phenolic OH excluding ortho intramolecular Hbond substituents is 1. The number of fused-ring (bicyclic) bond motifs is 4. The minimum Gasteiger partial charge on any atom is -0.507 e. The van der Waals surface area contributed by atoms with Gasteiger partial charge in [0.05, 0.1) is 42.1 Å². The molecule has 0 unspecified atom stereocenters. The number of carbonyl (C=O) groups is 2. The SMILES string of the molecule is COC[C@H]1O[C@@H](c2c(O)c3c(c4ccccc24)C(=O)c2ccc(Cl)c(OC)c2C3=O)C[C@@H](OC)[C@@H]1OC. The van der Waals surface area contributed by atoms with E-state index >= 15 is 0 Å². The average molecular weight is 527 g/mol. The number of benzene rings is 3. The molecule has 5 rings (SSSR count). The van der Waals surface area contributed by atoms with E-state index < -0.39 is 29.9 Å². The van der Waals surface area contributed by atoms with Crippen LogP contribution in [0.5, 0.6) is 11.5 Å². The Morgan fingerprint density at radius 1 is 0.946 bits per heavy atom. The number of aromatic hydroxyl groups is 1. The van der Waals surface area contributed by atoms with Crippen LogP contribution < -0.4 is 4.74 Å². The van der Waals surface area contributed by atoms with Crippen molar-refractivity contribution >= 4 is 33.9 Å². The molecule has 1 N–H and O–H groups in total. The van der Waals surface area contributed by atoms with Gasteiger partial charge in [0.1, 0.15) is 23.7 Å². The van der Waals surface area contributed by atoms with Gasteiger partial charge in [0.15, 0.2) is 5.78 Å². The molecule has 8 nitrogen and oxygen atoms in total. The molecule has 1 fully saturated rings. The molecule has 0 bridgehead atoms. The lowest BCUT2D eigenvalue weighted by Gasteiger charge is -2.41. The summed E-state index contributed by atoms with van der Waals surface area (Å²) >= 11 is 6.29. The molecule has 1 saturated heterocycles. The van der Waals surface area contributed by atoms with Crippen LogP contribution in [-0.2, 0) is 18.9 Å². The van der Waals surface area contributed by atoms with Crippen molar-refractivity contribution in [3.63, 3.8) is 0 Å². The summed E-state index contributed by atoms with van der Waals surface area (Å²) in [4.78, 5) is 27.7. The van der Waals surface area contributed by atoms with E-state index in [4.69, 9.17) is 35.3 Å². The molecule has 9 heteroatoms. The Morgan fingerprint density at radius 3 is 2.32 bits per heavy atom. The largest absolute Gasteiger partial charge is 0.507 e. The molecule has 3 aromatic carbocycles. The topological polar surface area (TPSA) is 101 Å². The normalized spacial score (nSPS) is 23.2. The van der Waals surface area contributed by atoms with Crippen LogP contribution in [0.15, 0.2) is 36.4 Å². The zero-order valence-electron chi connectivity index (χ0n) is 20.9. The van der Waals surface area contributed by atoms with Crippen molar-refractivity contribution in [3.8, 4) is 11.5 Å². The van der Waals surface area contributed by atoms with Gasteiger partial charge in [-0.05, 0) is 22.9 Å². The van der Waals surface area contributed by atoms with Gasteiger partial charge in [0.25, 0.3) is 0 Å². The van der Waals surface area contributed by atoms with Crippen molar-refractivity contribution in [2.45, 2.75) is 30.8 Å². The lowest BCUT2D eigenvalue weighted by atomic mass is 9.78. The van der Waals surface area contributed by atoms with Crippen LogP contribution in [-0.4, -0.2) is 70.0 Å². The molecule has 37 heavy (non-hydrogen) atoms. The summed E-state index contributed by atoms with van der Waals surface area (Å²) in [6, 6.07) is 10.2. The highest BCUT2D eigenvalue weighted by atomic mass is 35.5. The van der Waals surface area contributed by atoms with Crippen LogP contribution in [0.1, 0.15) is 49.9 Å². The van der Waals surface area contributed by atoms with Gasteiger partial charge in [-0.25, -0.2) is 0 Å². The quantitative estimate of drug-likeness (QED) is 0.392. The van der Waals surface area contributed by atoms with Crippen molar-refractivity contribution < 1.29 is 38.4 Å². The number of methoxy groups -OCH3 is 4. The molecule has 0 radical (unpaired) electrons. The zero-order chi connectivity index (χ0) is 26.4. The van der Waals surface area contributed by atoms with Crippen molar-refractivity contribution in [2.24, 2.45) is 0 Å². The molecule has 1 heterocycles. The Kier molecular flexibility index (Phi) is 6.95. The zero-order valence-corrected chi connectivity index (χ0v) is 21.6. The Hall–Kier alpha value is -3.01. The third kappa shape index (κ3) is 3.91. The number of ether oxygens (including phenoxy) is 5. The van der Waals surface area contributed by atoms with E-state index in [0.29, 0.717) is 22.8 Å². The molecule has 194 valence electrons. The Bertz CT molecular complexity index is 1400. The minimum atomic E-state index is -0.669.